The number of nitrogens with two attached hydrogens (primary N) is 1. The Bertz CT molecular complexity index is 986. The number of hydrazine groups is 1. The van der Waals surface area contributed by atoms with Crippen molar-refractivity contribution in [1.82, 2.24) is 20.2 Å². The van der Waals surface area contributed by atoms with E-state index in [2.05, 4.69) is 25.5 Å². The molecule has 35 heavy (non-hydrogen) atoms. The van der Waals surface area contributed by atoms with Gasteiger partial charge in [0, 0.05) is 25.0 Å². The Labute approximate surface area is 209 Å². The fourth-order valence-electron chi connectivity index (χ4n) is 5.32. The van der Waals surface area contributed by atoms with Gasteiger partial charge in [-0.2, -0.15) is 5.11 Å². The highest BCUT2D eigenvalue weighted by Gasteiger charge is 2.47. The highest BCUT2D eigenvalue weighted by Crippen LogP contribution is 2.42. The van der Waals surface area contributed by atoms with Crippen LogP contribution in [0.25, 0.3) is 0 Å². The highest BCUT2D eigenvalue weighted by atomic mass is 35.5. The number of piperidine rings is 2. The van der Waals surface area contributed by atoms with Gasteiger partial charge >= 0.3 is 0 Å². The number of carbonyl (C=O) groups is 1. The zero-order chi connectivity index (χ0) is 23.8. The van der Waals surface area contributed by atoms with Crippen molar-refractivity contribution in [3.63, 3.8) is 0 Å². The third kappa shape index (κ3) is 5.74. The maximum atomic E-state index is 15.1. The molecule has 3 fully saturated rings. The van der Waals surface area contributed by atoms with E-state index in [0.717, 1.165) is 58.2 Å². The average Bonchev–Trinajstić information content (AvgIpc) is 2.80. The molecule has 4 heterocycles. The number of nitrogens with zero attached hydrogens (tertiary/aromatic N) is 5. The van der Waals surface area contributed by atoms with Crippen molar-refractivity contribution in [3.05, 3.63) is 41.7 Å². The molecule has 0 unspecified atom stereocenters. The van der Waals surface area contributed by atoms with E-state index in [1.165, 1.54) is 12.1 Å². The summed E-state index contributed by atoms with van der Waals surface area (Å²) in [7, 11) is 0. The summed E-state index contributed by atoms with van der Waals surface area (Å²) in [4.78, 5) is 13.9. The monoisotopic (exact) mass is 511 g/mol. The second-order valence-electron chi connectivity index (χ2n) is 9.90. The number of nitrogens with one attached hydrogen (secondary N) is 1. The first kappa shape index (κ1) is 25.7. The van der Waals surface area contributed by atoms with Crippen LogP contribution in [0.3, 0.4) is 0 Å². The van der Waals surface area contributed by atoms with E-state index < -0.39 is 17.4 Å². The third-order valence-corrected chi connectivity index (χ3v) is 7.38. The van der Waals surface area contributed by atoms with Gasteiger partial charge in [-0.05, 0) is 70.1 Å². The van der Waals surface area contributed by atoms with Gasteiger partial charge in [0.05, 0.1) is 11.8 Å². The van der Waals surface area contributed by atoms with Crippen LogP contribution < -0.4 is 15.8 Å². The van der Waals surface area contributed by atoms with Gasteiger partial charge in [0.1, 0.15) is 23.9 Å². The molecule has 9 nitrogen and oxygen atoms in total. The predicted molar refractivity (Wildman–Crippen MR) is 128 cm³/mol. The van der Waals surface area contributed by atoms with Crippen LogP contribution in [0.5, 0.6) is 5.75 Å². The number of hydrogen-bond acceptors (Lipinski definition) is 8. The lowest BCUT2D eigenvalue weighted by molar-refractivity contribution is -0.150. The maximum absolute atomic E-state index is 15.1. The van der Waals surface area contributed by atoms with Crippen molar-refractivity contribution in [2.75, 3.05) is 52.5 Å². The Kier molecular flexibility index (Phi) is 7.60. The molecule has 3 saturated heterocycles. The molecule has 1 spiro atoms. The summed E-state index contributed by atoms with van der Waals surface area (Å²) >= 11 is 0. The predicted octanol–water partition coefficient (Wildman–Crippen LogP) is 2.65. The molecule has 0 saturated carbocycles. The number of rotatable bonds is 6. The molecule has 0 aliphatic carbocycles. The Morgan fingerprint density at radius 2 is 1.89 bits per heavy atom. The lowest BCUT2D eigenvalue weighted by atomic mass is 9.72. The summed E-state index contributed by atoms with van der Waals surface area (Å²) in [6.45, 7) is 6.10. The van der Waals surface area contributed by atoms with E-state index in [-0.39, 0.29) is 35.0 Å². The SMILES string of the molecule is Cl.NC(=O)c1cc(F)ccc1OC1=CN(N2CC3(CCN(CC4(F)CCNCC4)CC3)C2)CN=N1. The van der Waals surface area contributed by atoms with Crippen LogP contribution in [0.2, 0.25) is 0 Å². The number of benzene rings is 1. The smallest absolute Gasteiger partial charge is 0.256 e. The van der Waals surface area contributed by atoms with Gasteiger partial charge in [-0.25, -0.2) is 13.8 Å². The van der Waals surface area contributed by atoms with Gasteiger partial charge in [0.25, 0.3) is 11.8 Å². The number of primary amides is 1. The molecule has 0 radical (unpaired) electrons. The summed E-state index contributed by atoms with van der Waals surface area (Å²) in [6.07, 6.45) is 5.03. The van der Waals surface area contributed by atoms with Crippen LogP contribution in [-0.2, 0) is 0 Å². The lowest BCUT2D eigenvalue weighted by Crippen LogP contribution is -2.64. The molecule has 4 aliphatic rings. The van der Waals surface area contributed by atoms with Gasteiger partial charge in [-0.3, -0.25) is 9.80 Å². The number of halogens is 3. The Morgan fingerprint density at radius 1 is 1.17 bits per heavy atom. The summed E-state index contributed by atoms with van der Waals surface area (Å²) < 4.78 is 34.2. The summed E-state index contributed by atoms with van der Waals surface area (Å²) in [5, 5.41) is 15.5. The van der Waals surface area contributed by atoms with E-state index >= 15 is 4.39 Å². The third-order valence-electron chi connectivity index (χ3n) is 7.38. The second-order valence-corrected chi connectivity index (χ2v) is 9.90. The molecule has 0 aromatic heterocycles. The zero-order valence-electron chi connectivity index (χ0n) is 19.6. The minimum atomic E-state index is -1.06. The van der Waals surface area contributed by atoms with Gasteiger partial charge < -0.3 is 20.7 Å². The summed E-state index contributed by atoms with van der Waals surface area (Å²) in [5.74, 6) is -1.02. The second kappa shape index (κ2) is 10.3. The molecule has 5 rings (SSSR count). The topological polar surface area (TPSA) is 98.8 Å². The van der Waals surface area contributed by atoms with E-state index in [4.69, 9.17) is 10.5 Å². The molecule has 3 N–H and O–H groups in total. The number of amides is 1. The van der Waals surface area contributed by atoms with E-state index in [1.54, 1.807) is 6.20 Å². The summed E-state index contributed by atoms with van der Waals surface area (Å²) in [5.41, 5.74) is 4.47. The number of likely N-dealkylation sites (tertiary alicyclic amines) is 1. The average molecular weight is 512 g/mol. The fraction of sp³-hybridized carbons (Fsp3) is 0.609. The van der Waals surface area contributed by atoms with Gasteiger partial charge in [0.15, 0.2) is 0 Å². The largest absolute Gasteiger partial charge is 0.436 e. The van der Waals surface area contributed by atoms with Crippen LogP contribution in [0, 0.1) is 11.2 Å². The van der Waals surface area contributed by atoms with Gasteiger partial charge in [0.2, 0.25) is 0 Å². The number of azo groups is 1. The van der Waals surface area contributed by atoms with Crippen molar-refractivity contribution in [2.24, 2.45) is 21.4 Å². The van der Waals surface area contributed by atoms with Gasteiger partial charge in [-0.1, -0.05) is 0 Å². The number of ether oxygens (including phenoxy) is 1. The van der Waals surface area contributed by atoms with Crippen molar-refractivity contribution in [1.29, 1.82) is 0 Å². The minimum Gasteiger partial charge on any atom is -0.436 e. The lowest BCUT2D eigenvalue weighted by Gasteiger charge is -2.56. The Hall–Kier alpha value is -2.34. The quantitative estimate of drug-likeness (QED) is 0.609. The molecular formula is C23H32ClF2N7O2. The fourth-order valence-corrected chi connectivity index (χ4v) is 5.32. The normalized spacial score (nSPS) is 23.8. The molecule has 192 valence electrons. The summed E-state index contributed by atoms with van der Waals surface area (Å²) in [6, 6.07) is 3.58. The molecule has 4 aliphatic heterocycles. The first-order valence-electron chi connectivity index (χ1n) is 11.8. The van der Waals surface area contributed by atoms with E-state index in [9.17, 15) is 9.18 Å². The van der Waals surface area contributed by atoms with Crippen molar-refractivity contribution >= 4 is 18.3 Å². The van der Waals surface area contributed by atoms with Crippen LogP contribution in [-0.4, -0.2) is 79.0 Å². The van der Waals surface area contributed by atoms with Crippen LogP contribution in [0.4, 0.5) is 8.78 Å². The van der Waals surface area contributed by atoms with E-state index in [1.807, 2.05) is 5.01 Å². The molecule has 1 amide bonds. The highest BCUT2D eigenvalue weighted by molar-refractivity contribution is 5.95. The van der Waals surface area contributed by atoms with Crippen molar-refractivity contribution in [3.8, 4) is 5.75 Å². The number of alkyl halides is 1. The zero-order valence-corrected chi connectivity index (χ0v) is 20.4. The standard InChI is InChI=1S/C23H31F2N7O2.ClH/c24-17-1-2-19(18(11-17)21(26)33)34-20-12-31(16-28-29-20)32-13-22(14-32)5-9-30(10-6-22)15-23(25)3-7-27-8-4-23;/h1-2,11-12,27H,3-10,13-16H2,(H2,26,33);1H. The molecule has 1 aromatic carbocycles. The van der Waals surface area contributed by atoms with Gasteiger partial charge in [-0.15, -0.1) is 17.5 Å². The molecule has 0 bridgehead atoms. The molecule has 12 heteroatoms. The number of hydrogen-bond donors (Lipinski definition) is 2. The van der Waals surface area contributed by atoms with Crippen LogP contribution in [0.1, 0.15) is 36.0 Å². The van der Waals surface area contributed by atoms with Crippen LogP contribution >= 0.6 is 12.4 Å². The first-order valence-corrected chi connectivity index (χ1v) is 11.8. The molecule has 0 atom stereocenters. The first-order chi connectivity index (χ1) is 16.3. The van der Waals surface area contributed by atoms with Crippen LogP contribution in [0.15, 0.2) is 40.5 Å². The molecular weight excluding hydrogens is 480 g/mol. The minimum absolute atomic E-state index is 0. The Balaban J connectivity index is 0.00000289. The van der Waals surface area contributed by atoms with E-state index in [0.29, 0.717) is 26.1 Å². The number of carbonyl (C=O) groups excluding carboxylic acids is 1. The van der Waals surface area contributed by atoms with Crippen molar-refractivity contribution in [2.45, 2.75) is 31.4 Å². The molecule has 1 aromatic rings. The maximum Gasteiger partial charge on any atom is 0.256 e. The Morgan fingerprint density at radius 3 is 2.57 bits per heavy atom. The van der Waals surface area contributed by atoms with Crippen molar-refractivity contribution < 1.29 is 18.3 Å².